The summed E-state index contributed by atoms with van der Waals surface area (Å²) in [5.41, 5.74) is 0. The predicted molar refractivity (Wildman–Crippen MR) is 82.2 cm³/mol. The van der Waals surface area contributed by atoms with Gasteiger partial charge < -0.3 is 9.80 Å². The van der Waals surface area contributed by atoms with Gasteiger partial charge in [-0.25, -0.2) is 9.97 Å². The first kappa shape index (κ1) is 13.4. The molecule has 20 heavy (non-hydrogen) atoms. The number of anilines is 2. The fourth-order valence-corrected chi connectivity index (χ4v) is 2.74. The van der Waals surface area contributed by atoms with Crippen molar-refractivity contribution in [1.82, 2.24) is 19.7 Å². The molecule has 3 heterocycles. The van der Waals surface area contributed by atoms with Gasteiger partial charge in [0.1, 0.15) is 18.0 Å². The van der Waals surface area contributed by atoms with Gasteiger partial charge >= 0.3 is 0 Å². The smallest absolute Gasteiger partial charge is 0.134 e. The van der Waals surface area contributed by atoms with Gasteiger partial charge in [-0.1, -0.05) is 0 Å². The van der Waals surface area contributed by atoms with E-state index in [0.29, 0.717) is 6.04 Å². The minimum atomic E-state index is 0.402. The Morgan fingerprint density at radius 3 is 2.90 bits per heavy atom. The third-order valence-electron chi connectivity index (χ3n) is 3.53. The lowest BCUT2D eigenvalue weighted by Gasteiger charge is -2.19. The van der Waals surface area contributed by atoms with Crippen LogP contribution >= 0.6 is 15.9 Å². The highest BCUT2D eigenvalue weighted by Gasteiger charge is 2.25. The van der Waals surface area contributed by atoms with Gasteiger partial charge in [-0.05, 0) is 22.4 Å². The summed E-state index contributed by atoms with van der Waals surface area (Å²) in [6, 6.07) is 2.43. The second-order valence-corrected chi connectivity index (χ2v) is 6.07. The minimum Gasteiger partial charge on any atom is -0.363 e. The molecule has 0 aromatic carbocycles. The molecular formula is C13H17BrN6. The Labute approximate surface area is 126 Å². The topological polar surface area (TPSA) is 50.1 Å². The van der Waals surface area contributed by atoms with Crippen molar-refractivity contribution in [2.75, 3.05) is 37.0 Å². The molecule has 1 fully saturated rings. The van der Waals surface area contributed by atoms with Crippen LogP contribution in [0.15, 0.2) is 29.3 Å². The first-order chi connectivity index (χ1) is 9.63. The first-order valence-corrected chi connectivity index (χ1v) is 7.37. The van der Waals surface area contributed by atoms with E-state index >= 15 is 0 Å². The molecule has 0 amide bonds. The van der Waals surface area contributed by atoms with Gasteiger partial charge in [-0.15, -0.1) is 0 Å². The van der Waals surface area contributed by atoms with Crippen molar-refractivity contribution in [3.63, 3.8) is 0 Å². The molecule has 6 nitrogen and oxygen atoms in total. The molecule has 1 atom stereocenters. The standard InChI is InChI=1S/C13H17BrN6/c1-18(2)12-5-13(16-9-15-12)19-4-3-11(8-19)20-7-10(14)6-17-20/h5-7,9,11H,3-4,8H2,1-2H3. The lowest BCUT2D eigenvalue weighted by molar-refractivity contribution is 0.494. The Balaban J connectivity index is 1.75. The molecule has 1 aliphatic rings. The predicted octanol–water partition coefficient (Wildman–Crippen LogP) is 1.95. The summed E-state index contributed by atoms with van der Waals surface area (Å²) in [5, 5.41) is 4.37. The molecule has 7 heteroatoms. The maximum absolute atomic E-state index is 4.39. The van der Waals surface area contributed by atoms with Gasteiger partial charge in [0.15, 0.2) is 0 Å². The van der Waals surface area contributed by atoms with E-state index in [-0.39, 0.29) is 0 Å². The normalized spacial score (nSPS) is 18.6. The highest BCUT2D eigenvalue weighted by molar-refractivity contribution is 9.10. The van der Waals surface area contributed by atoms with Gasteiger partial charge in [0.2, 0.25) is 0 Å². The van der Waals surface area contributed by atoms with Crippen LogP contribution < -0.4 is 9.80 Å². The Morgan fingerprint density at radius 1 is 1.35 bits per heavy atom. The van der Waals surface area contributed by atoms with E-state index in [1.165, 1.54) is 0 Å². The second-order valence-electron chi connectivity index (χ2n) is 5.16. The monoisotopic (exact) mass is 336 g/mol. The quantitative estimate of drug-likeness (QED) is 0.857. The van der Waals surface area contributed by atoms with Crippen molar-refractivity contribution in [3.05, 3.63) is 29.3 Å². The first-order valence-electron chi connectivity index (χ1n) is 6.57. The van der Waals surface area contributed by atoms with Crippen LogP contribution in [0.2, 0.25) is 0 Å². The fraction of sp³-hybridized carbons (Fsp3) is 0.462. The van der Waals surface area contributed by atoms with E-state index in [2.05, 4.69) is 35.9 Å². The Hall–Kier alpha value is -1.63. The van der Waals surface area contributed by atoms with Crippen molar-refractivity contribution in [2.45, 2.75) is 12.5 Å². The fourth-order valence-electron chi connectivity index (χ4n) is 2.44. The summed E-state index contributed by atoms with van der Waals surface area (Å²) < 4.78 is 3.05. The molecule has 0 saturated carbocycles. The highest BCUT2D eigenvalue weighted by Crippen LogP contribution is 2.27. The third kappa shape index (κ3) is 2.63. The van der Waals surface area contributed by atoms with Crippen LogP contribution in [0.4, 0.5) is 11.6 Å². The average molecular weight is 337 g/mol. The average Bonchev–Trinajstić information content (AvgIpc) is 3.07. The number of rotatable bonds is 3. The summed E-state index contributed by atoms with van der Waals surface area (Å²) in [4.78, 5) is 12.9. The maximum Gasteiger partial charge on any atom is 0.134 e. The molecule has 1 unspecified atom stereocenters. The molecular weight excluding hydrogens is 320 g/mol. The molecule has 1 aliphatic heterocycles. The lowest BCUT2D eigenvalue weighted by Crippen LogP contribution is -2.23. The van der Waals surface area contributed by atoms with E-state index in [0.717, 1.165) is 35.6 Å². The van der Waals surface area contributed by atoms with Crippen LogP contribution in [0.25, 0.3) is 0 Å². The van der Waals surface area contributed by atoms with Crippen molar-refractivity contribution in [3.8, 4) is 0 Å². The molecule has 106 valence electrons. The van der Waals surface area contributed by atoms with E-state index in [9.17, 15) is 0 Å². The van der Waals surface area contributed by atoms with Crippen LogP contribution in [0.1, 0.15) is 12.5 Å². The molecule has 1 saturated heterocycles. The van der Waals surface area contributed by atoms with Crippen molar-refractivity contribution >= 4 is 27.6 Å². The van der Waals surface area contributed by atoms with Crippen LogP contribution in [0, 0.1) is 0 Å². The molecule has 0 N–H and O–H groups in total. The van der Waals surface area contributed by atoms with Gasteiger partial charge in [0.05, 0.1) is 16.7 Å². The third-order valence-corrected chi connectivity index (χ3v) is 3.94. The molecule has 3 rings (SSSR count). The van der Waals surface area contributed by atoms with Crippen LogP contribution in [-0.4, -0.2) is 46.9 Å². The molecule has 2 aromatic rings. The van der Waals surface area contributed by atoms with Crippen LogP contribution in [0.3, 0.4) is 0 Å². The highest BCUT2D eigenvalue weighted by atomic mass is 79.9. The Morgan fingerprint density at radius 2 is 2.20 bits per heavy atom. The zero-order valence-corrected chi connectivity index (χ0v) is 13.2. The zero-order chi connectivity index (χ0) is 14.1. The number of hydrogen-bond donors (Lipinski definition) is 0. The van der Waals surface area contributed by atoms with Gasteiger partial charge in [0, 0.05) is 39.4 Å². The van der Waals surface area contributed by atoms with Crippen LogP contribution in [0.5, 0.6) is 0 Å². The van der Waals surface area contributed by atoms with Gasteiger partial charge in [-0.2, -0.15) is 5.10 Å². The second kappa shape index (κ2) is 5.40. The van der Waals surface area contributed by atoms with Crippen molar-refractivity contribution < 1.29 is 0 Å². The SMILES string of the molecule is CN(C)c1cc(N2CCC(n3cc(Br)cn3)C2)ncn1. The van der Waals surface area contributed by atoms with E-state index in [1.54, 1.807) is 6.33 Å². The minimum absolute atomic E-state index is 0.402. The zero-order valence-electron chi connectivity index (χ0n) is 11.6. The van der Waals surface area contributed by atoms with Gasteiger partial charge in [0.25, 0.3) is 0 Å². The molecule has 0 spiro atoms. The number of hydrogen-bond acceptors (Lipinski definition) is 5. The van der Waals surface area contributed by atoms with E-state index in [1.807, 2.05) is 42.1 Å². The van der Waals surface area contributed by atoms with E-state index in [4.69, 9.17) is 0 Å². The summed E-state index contributed by atoms with van der Waals surface area (Å²) in [7, 11) is 3.97. The van der Waals surface area contributed by atoms with E-state index < -0.39 is 0 Å². The maximum atomic E-state index is 4.39. The number of aromatic nitrogens is 4. The molecule has 0 radical (unpaired) electrons. The number of halogens is 1. The summed E-state index contributed by atoms with van der Waals surface area (Å²) in [5.74, 6) is 1.91. The lowest BCUT2D eigenvalue weighted by atomic mass is 10.3. The molecule has 2 aromatic heterocycles. The largest absolute Gasteiger partial charge is 0.363 e. The molecule has 0 bridgehead atoms. The summed E-state index contributed by atoms with van der Waals surface area (Å²) >= 11 is 3.44. The van der Waals surface area contributed by atoms with Crippen molar-refractivity contribution in [1.29, 1.82) is 0 Å². The Kier molecular flexibility index (Phi) is 3.60. The molecule has 0 aliphatic carbocycles. The van der Waals surface area contributed by atoms with Crippen LogP contribution in [-0.2, 0) is 0 Å². The summed E-state index contributed by atoms with van der Waals surface area (Å²) in [6.07, 6.45) is 6.56. The van der Waals surface area contributed by atoms with Gasteiger partial charge in [-0.3, -0.25) is 4.68 Å². The van der Waals surface area contributed by atoms with Crippen molar-refractivity contribution in [2.24, 2.45) is 0 Å². The summed E-state index contributed by atoms with van der Waals surface area (Å²) in [6.45, 7) is 1.92. The number of nitrogens with zero attached hydrogens (tertiary/aromatic N) is 6. The Bertz CT molecular complexity index is 596.